The number of ether oxygens (including phenoxy) is 1. The second-order valence-corrected chi connectivity index (χ2v) is 9.19. The first-order valence-electron chi connectivity index (χ1n) is 9.70. The van der Waals surface area contributed by atoms with Crippen molar-refractivity contribution in [2.45, 2.75) is 78.7 Å². The summed E-state index contributed by atoms with van der Waals surface area (Å²) in [6, 6.07) is 0. The first-order chi connectivity index (χ1) is 12.8. The fraction of sp³-hybridized carbons (Fsp3) is 0.789. The van der Waals surface area contributed by atoms with Crippen LogP contribution in [0.1, 0.15) is 59.9 Å². The first kappa shape index (κ1) is 22.7. The Bertz CT molecular complexity index is 680. The minimum absolute atomic E-state index is 0.243. The van der Waals surface area contributed by atoms with Crippen molar-refractivity contribution in [1.29, 1.82) is 0 Å². The van der Waals surface area contributed by atoms with Crippen LogP contribution >= 0.6 is 0 Å². The second kappa shape index (κ2) is 8.04. The summed E-state index contributed by atoms with van der Waals surface area (Å²) in [6.45, 7) is 16.7. The molecule has 1 aliphatic heterocycles. The van der Waals surface area contributed by atoms with Gasteiger partial charge in [0.2, 0.25) is 0 Å². The Balaban J connectivity index is 2.26. The van der Waals surface area contributed by atoms with Gasteiger partial charge < -0.3 is 28.8 Å². The number of aryl methyl sites for hydroxylation is 1. The molecule has 1 saturated heterocycles. The Labute approximate surface area is 168 Å². The van der Waals surface area contributed by atoms with Crippen molar-refractivity contribution >= 4 is 18.7 Å². The molecule has 9 heteroatoms. The van der Waals surface area contributed by atoms with E-state index in [-0.39, 0.29) is 6.54 Å². The van der Waals surface area contributed by atoms with Gasteiger partial charge in [0.1, 0.15) is 17.1 Å². The summed E-state index contributed by atoms with van der Waals surface area (Å²) >= 11 is 0. The van der Waals surface area contributed by atoms with Crippen LogP contribution in [0.3, 0.4) is 0 Å². The molecule has 0 aliphatic carbocycles. The summed E-state index contributed by atoms with van der Waals surface area (Å²) in [4.78, 5) is 14.3. The van der Waals surface area contributed by atoms with Crippen LogP contribution in [0.5, 0.6) is 0 Å². The Morgan fingerprint density at radius 1 is 1.21 bits per heavy atom. The molecule has 1 fully saturated rings. The summed E-state index contributed by atoms with van der Waals surface area (Å²) < 4.78 is 23.3. The Morgan fingerprint density at radius 3 is 2.29 bits per heavy atom. The van der Waals surface area contributed by atoms with Crippen molar-refractivity contribution in [3.63, 3.8) is 0 Å². The van der Waals surface area contributed by atoms with Gasteiger partial charge in [-0.2, -0.15) is 0 Å². The van der Waals surface area contributed by atoms with E-state index in [0.29, 0.717) is 24.5 Å². The van der Waals surface area contributed by atoms with Crippen molar-refractivity contribution in [2.24, 2.45) is 0 Å². The number of hydrogen-bond acceptors (Lipinski definition) is 7. The first-order valence-corrected chi connectivity index (χ1v) is 9.70. The third-order valence-electron chi connectivity index (χ3n) is 5.10. The molecular formula is C19H34BN3O5. The van der Waals surface area contributed by atoms with Gasteiger partial charge in [-0.1, -0.05) is 5.16 Å². The van der Waals surface area contributed by atoms with E-state index in [4.69, 9.17) is 18.6 Å². The average Bonchev–Trinajstić information content (AvgIpc) is 2.98. The lowest BCUT2D eigenvalue weighted by molar-refractivity contribution is 0.00578. The van der Waals surface area contributed by atoms with Gasteiger partial charge in [0.25, 0.3) is 0 Å². The van der Waals surface area contributed by atoms with E-state index in [1.54, 1.807) is 4.90 Å². The van der Waals surface area contributed by atoms with Gasteiger partial charge in [-0.25, -0.2) is 4.79 Å². The topological polar surface area (TPSA) is 86.1 Å². The van der Waals surface area contributed by atoms with Crippen LogP contribution in [-0.2, 0) is 20.6 Å². The summed E-state index contributed by atoms with van der Waals surface area (Å²) in [5.41, 5.74) is -0.191. The van der Waals surface area contributed by atoms with Crippen LogP contribution in [0.15, 0.2) is 4.52 Å². The molecule has 8 nitrogen and oxygen atoms in total. The van der Waals surface area contributed by atoms with E-state index < -0.39 is 30.0 Å². The molecule has 28 heavy (non-hydrogen) atoms. The fourth-order valence-corrected chi connectivity index (χ4v) is 2.79. The number of nitrogens with one attached hydrogen (secondary N) is 1. The van der Waals surface area contributed by atoms with Gasteiger partial charge in [0, 0.05) is 13.1 Å². The smallest absolute Gasteiger partial charge is 0.444 e. The summed E-state index contributed by atoms with van der Waals surface area (Å²) in [5, 5.41) is 7.23. The molecule has 2 heterocycles. The summed E-state index contributed by atoms with van der Waals surface area (Å²) in [6.07, 6.45) is -0.400. The number of amides is 1. The maximum absolute atomic E-state index is 12.7. The SMILES string of the molecule is CNCCN(Cc1noc(C)c1B1OC(C)(C)C(C)(C)O1)C(=O)OC(C)(C)C. The van der Waals surface area contributed by atoms with E-state index in [0.717, 1.165) is 5.46 Å². The number of aromatic nitrogens is 1. The number of carbonyl (C=O) groups is 1. The minimum Gasteiger partial charge on any atom is -0.444 e. The minimum atomic E-state index is -0.601. The number of rotatable bonds is 6. The van der Waals surface area contributed by atoms with Crippen molar-refractivity contribution in [1.82, 2.24) is 15.4 Å². The largest absolute Gasteiger partial charge is 0.500 e. The molecule has 0 bridgehead atoms. The van der Waals surface area contributed by atoms with E-state index >= 15 is 0 Å². The quantitative estimate of drug-likeness (QED) is 0.740. The zero-order valence-electron chi connectivity index (χ0n) is 18.6. The summed E-state index contributed by atoms with van der Waals surface area (Å²) in [5.74, 6) is 0.617. The molecule has 0 atom stereocenters. The van der Waals surface area contributed by atoms with Crippen LogP contribution in [-0.4, -0.2) is 60.2 Å². The Kier molecular flexibility index (Phi) is 6.52. The Hall–Kier alpha value is -1.58. The molecule has 0 spiro atoms. The predicted molar refractivity (Wildman–Crippen MR) is 108 cm³/mol. The molecule has 1 aromatic heterocycles. The maximum Gasteiger partial charge on any atom is 0.500 e. The monoisotopic (exact) mass is 395 g/mol. The molecular weight excluding hydrogens is 361 g/mol. The lowest BCUT2D eigenvalue weighted by Crippen LogP contribution is -2.43. The highest BCUT2D eigenvalue weighted by molar-refractivity contribution is 6.63. The van der Waals surface area contributed by atoms with E-state index in [1.165, 1.54) is 0 Å². The molecule has 0 unspecified atom stereocenters. The third kappa shape index (κ3) is 5.07. The normalized spacial score (nSPS) is 18.4. The van der Waals surface area contributed by atoms with Crippen LogP contribution in [0.25, 0.3) is 0 Å². The van der Waals surface area contributed by atoms with Crippen LogP contribution in [0, 0.1) is 6.92 Å². The molecule has 0 saturated carbocycles. The molecule has 1 N–H and O–H groups in total. The third-order valence-corrected chi connectivity index (χ3v) is 5.10. The average molecular weight is 395 g/mol. The van der Waals surface area contributed by atoms with Crippen molar-refractivity contribution in [2.75, 3.05) is 20.1 Å². The zero-order valence-corrected chi connectivity index (χ0v) is 18.6. The molecule has 0 aromatic carbocycles. The van der Waals surface area contributed by atoms with Crippen molar-refractivity contribution in [3.05, 3.63) is 11.5 Å². The predicted octanol–water partition coefficient (Wildman–Crippen LogP) is 2.24. The van der Waals surface area contributed by atoms with Gasteiger partial charge in [-0.15, -0.1) is 0 Å². The lowest BCUT2D eigenvalue weighted by atomic mass is 9.77. The van der Waals surface area contributed by atoms with E-state index in [2.05, 4.69) is 10.5 Å². The lowest BCUT2D eigenvalue weighted by Gasteiger charge is -2.32. The molecule has 0 radical (unpaired) electrons. The zero-order chi connectivity index (χ0) is 21.3. The molecule has 2 rings (SSSR count). The number of likely N-dealkylation sites (N-methyl/N-ethyl adjacent to an activating group) is 1. The maximum atomic E-state index is 12.7. The van der Waals surface area contributed by atoms with Crippen LogP contribution < -0.4 is 10.8 Å². The van der Waals surface area contributed by atoms with Gasteiger partial charge >= 0.3 is 13.2 Å². The molecule has 158 valence electrons. The summed E-state index contributed by atoms with van der Waals surface area (Å²) in [7, 11) is 1.24. The van der Waals surface area contributed by atoms with Crippen molar-refractivity contribution < 1.29 is 23.4 Å². The highest BCUT2D eigenvalue weighted by Gasteiger charge is 2.53. The molecule has 1 aromatic rings. The molecule has 1 aliphatic rings. The van der Waals surface area contributed by atoms with E-state index in [1.807, 2.05) is 62.4 Å². The number of carbonyl (C=O) groups excluding carboxylic acids is 1. The Morgan fingerprint density at radius 2 is 1.79 bits per heavy atom. The fourth-order valence-electron chi connectivity index (χ4n) is 2.79. The highest BCUT2D eigenvalue weighted by atomic mass is 16.7. The number of hydrogen-bond donors (Lipinski definition) is 1. The molecule has 1 amide bonds. The van der Waals surface area contributed by atoms with Crippen LogP contribution in [0.4, 0.5) is 4.79 Å². The van der Waals surface area contributed by atoms with Crippen molar-refractivity contribution in [3.8, 4) is 0 Å². The van der Waals surface area contributed by atoms with Gasteiger partial charge in [-0.05, 0) is 62.4 Å². The van der Waals surface area contributed by atoms with Gasteiger partial charge in [0.15, 0.2) is 0 Å². The standard InChI is InChI=1S/C19H34BN3O5/c1-13-15(20-27-18(5,6)19(7,8)28-20)14(22-26-13)12-23(11-10-21-9)16(24)25-17(2,3)4/h21H,10-12H2,1-9H3. The second-order valence-electron chi connectivity index (χ2n) is 9.19. The van der Waals surface area contributed by atoms with Gasteiger partial charge in [0.05, 0.1) is 23.2 Å². The highest BCUT2D eigenvalue weighted by Crippen LogP contribution is 2.37. The number of nitrogens with zero attached hydrogens (tertiary/aromatic N) is 2. The van der Waals surface area contributed by atoms with Crippen LogP contribution in [0.2, 0.25) is 0 Å². The van der Waals surface area contributed by atoms with Gasteiger partial charge in [-0.3, -0.25) is 0 Å². The van der Waals surface area contributed by atoms with E-state index in [9.17, 15) is 4.79 Å².